The molecule has 0 aliphatic heterocycles. The molecule has 0 aliphatic carbocycles. The number of hydrogen-bond acceptors (Lipinski definition) is 6. The molecule has 0 aliphatic rings. The van der Waals surface area contributed by atoms with E-state index >= 15 is 0 Å². The molecule has 0 bridgehead atoms. The van der Waals surface area contributed by atoms with Crippen molar-refractivity contribution < 1.29 is 29.1 Å². The lowest BCUT2D eigenvalue weighted by atomic mass is 9.77. The molecule has 0 spiro atoms. The van der Waals surface area contributed by atoms with Crippen molar-refractivity contribution in [3.05, 3.63) is 83.8 Å². The molecule has 3 N–H and O–H groups in total. The molecule has 0 radical (unpaired) electrons. The minimum atomic E-state index is -1.57. The second-order valence-electron chi connectivity index (χ2n) is 6.51. The van der Waals surface area contributed by atoms with Crippen LogP contribution in [-0.2, 0) is 10.5 Å². The summed E-state index contributed by atoms with van der Waals surface area (Å²) in [7, 11) is -1.57. The maximum absolute atomic E-state index is 13.2. The Bertz CT molecular complexity index is 1060. The predicted molar refractivity (Wildman–Crippen MR) is 116 cm³/mol. The number of benzene rings is 2. The summed E-state index contributed by atoms with van der Waals surface area (Å²) in [5.41, 5.74) is 1.59. The SMILES string of the molecule is O=C(O)CN(C(=O)c1ccc(SCc2ccccc2B(O)O)nc1)c1ccc(F)cc1. The average molecular weight is 440 g/mol. The molecular formula is C21H18BFN2O5S. The van der Waals surface area contributed by atoms with Crippen molar-refractivity contribution in [1.29, 1.82) is 0 Å². The van der Waals surface area contributed by atoms with Crippen LogP contribution in [0.5, 0.6) is 0 Å². The molecule has 0 saturated carbocycles. The number of anilines is 1. The molecule has 31 heavy (non-hydrogen) atoms. The van der Waals surface area contributed by atoms with Crippen LogP contribution in [-0.4, -0.2) is 45.7 Å². The standard InChI is InChI=1S/C21H18BFN2O5S/c23-16-6-8-17(9-7-16)25(12-20(26)27)21(28)14-5-10-19(24-11-14)31-13-15-3-1-2-4-18(15)22(29)30/h1-11,29-30H,12-13H2,(H,26,27). The molecule has 1 heterocycles. The number of carboxylic acids is 1. The first-order valence-corrected chi connectivity index (χ1v) is 10.2. The first-order valence-electron chi connectivity index (χ1n) is 9.17. The fourth-order valence-electron chi connectivity index (χ4n) is 2.85. The third-order valence-electron chi connectivity index (χ3n) is 4.37. The van der Waals surface area contributed by atoms with Crippen LogP contribution in [0.25, 0.3) is 0 Å². The van der Waals surface area contributed by atoms with E-state index in [9.17, 15) is 24.0 Å². The van der Waals surface area contributed by atoms with Crippen LogP contribution in [0.3, 0.4) is 0 Å². The zero-order valence-corrected chi connectivity index (χ0v) is 17.0. The quantitative estimate of drug-likeness (QED) is 0.363. The van der Waals surface area contributed by atoms with Gasteiger partial charge in [0.05, 0.1) is 10.6 Å². The van der Waals surface area contributed by atoms with Gasteiger partial charge in [-0.2, -0.15) is 0 Å². The average Bonchev–Trinajstić information content (AvgIpc) is 2.76. The Hall–Kier alpha value is -3.21. The Labute approximate surface area is 182 Å². The molecule has 2 aromatic carbocycles. The van der Waals surface area contributed by atoms with Crippen molar-refractivity contribution in [2.24, 2.45) is 0 Å². The number of pyridine rings is 1. The van der Waals surface area contributed by atoms with Crippen LogP contribution in [0.4, 0.5) is 10.1 Å². The van der Waals surface area contributed by atoms with Crippen molar-refractivity contribution >= 4 is 41.9 Å². The van der Waals surface area contributed by atoms with Crippen molar-refractivity contribution in [2.75, 3.05) is 11.4 Å². The number of amides is 1. The Balaban J connectivity index is 1.74. The summed E-state index contributed by atoms with van der Waals surface area (Å²) in [6.07, 6.45) is 1.34. The molecule has 7 nitrogen and oxygen atoms in total. The summed E-state index contributed by atoms with van der Waals surface area (Å²) in [6, 6.07) is 15.0. The predicted octanol–water partition coefficient (Wildman–Crippen LogP) is 1.92. The summed E-state index contributed by atoms with van der Waals surface area (Å²) in [6.45, 7) is -0.582. The second-order valence-corrected chi connectivity index (χ2v) is 7.50. The molecule has 0 saturated heterocycles. The van der Waals surface area contributed by atoms with Gasteiger partial charge in [0.15, 0.2) is 0 Å². The smallest absolute Gasteiger partial charge is 0.480 e. The minimum Gasteiger partial charge on any atom is -0.480 e. The lowest BCUT2D eigenvalue weighted by Gasteiger charge is -2.21. The Kier molecular flexibility index (Phi) is 7.40. The van der Waals surface area contributed by atoms with Crippen molar-refractivity contribution in [3.8, 4) is 0 Å². The van der Waals surface area contributed by atoms with Gasteiger partial charge < -0.3 is 15.2 Å². The summed E-state index contributed by atoms with van der Waals surface area (Å²) in [5.74, 6) is -1.84. The van der Waals surface area contributed by atoms with Crippen LogP contribution in [0.1, 0.15) is 15.9 Å². The highest BCUT2D eigenvalue weighted by Crippen LogP contribution is 2.22. The third kappa shape index (κ3) is 5.91. The molecule has 1 aromatic heterocycles. The van der Waals surface area contributed by atoms with Gasteiger partial charge in [-0.1, -0.05) is 24.3 Å². The fraction of sp³-hybridized carbons (Fsp3) is 0.0952. The van der Waals surface area contributed by atoms with Crippen molar-refractivity contribution in [2.45, 2.75) is 10.8 Å². The highest BCUT2D eigenvalue weighted by molar-refractivity contribution is 7.98. The van der Waals surface area contributed by atoms with Crippen molar-refractivity contribution in [3.63, 3.8) is 0 Å². The summed E-state index contributed by atoms with van der Waals surface area (Å²) < 4.78 is 13.2. The summed E-state index contributed by atoms with van der Waals surface area (Å²) in [5, 5.41) is 28.7. The molecule has 1 amide bonds. The van der Waals surface area contributed by atoms with E-state index in [1.807, 2.05) is 0 Å². The second kappa shape index (κ2) is 10.2. The lowest BCUT2D eigenvalue weighted by molar-refractivity contribution is -0.135. The highest BCUT2D eigenvalue weighted by atomic mass is 32.2. The fourth-order valence-corrected chi connectivity index (χ4v) is 3.71. The van der Waals surface area contributed by atoms with Gasteiger partial charge in [0.2, 0.25) is 0 Å². The number of aromatic nitrogens is 1. The van der Waals surface area contributed by atoms with Crippen LogP contribution < -0.4 is 10.4 Å². The Morgan fingerprint density at radius 3 is 2.35 bits per heavy atom. The number of hydrogen-bond donors (Lipinski definition) is 3. The maximum Gasteiger partial charge on any atom is 0.488 e. The topological polar surface area (TPSA) is 111 Å². The van der Waals surface area contributed by atoms with E-state index in [0.717, 1.165) is 22.6 Å². The number of carbonyl (C=O) groups is 2. The van der Waals surface area contributed by atoms with Gasteiger partial charge in [0, 0.05) is 17.6 Å². The Morgan fingerprint density at radius 2 is 1.74 bits per heavy atom. The molecule has 3 rings (SSSR count). The van der Waals surface area contributed by atoms with E-state index < -0.39 is 31.4 Å². The van der Waals surface area contributed by atoms with E-state index in [2.05, 4.69) is 4.98 Å². The number of aliphatic carboxylic acids is 1. The largest absolute Gasteiger partial charge is 0.488 e. The monoisotopic (exact) mass is 440 g/mol. The van der Waals surface area contributed by atoms with Gasteiger partial charge in [-0.15, -0.1) is 11.8 Å². The van der Waals surface area contributed by atoms with Gasteiger partial charge in [-0.05, 0) is 47.4 Å². The number of rotatable bonds is 8. The van der Waals surface area contributed by atoms with Crippen LogP contribution >= 0.6 is 11.8 Å². The minimum absolute atomic E-state index is 0.182. The van der Waals surface area contributed by atoms with Gasteiger partial charge in [-0.25, -0.2) is 9.37 Å². The molecule has 0 fully saturated rings. The van der Waals surface area contributed by atoms with Crippen LogP contribution in [0, 0.1) is 5.82 Å². The highest BCUT2D eigenvalue weighted by Gasteiger charge is 2.21. The number of thioether (sulfide) groups is 1. The van der Waals surface area contributed by atoms with E-state index in [-0.39, 0.29) is 11.3 Å². The van der Waals surface area contributed by atoms with E-state index in [4.69, 9.17) is 5.11 Å². The number of carboxylic acid groups (broad SMARTS) is 1. The van der Waals surface area contributed by atoms with E-state index in [0.29, 0.717) is 16.2 Å². The summed E-state index contributed by atoms with van der Waals surface area (Å²) >= 11 is 1.35. The Morgan fingerprint density at radius 1 is 1.03 bits per heavy atom. The molecule has 0 unspecified atom stereocenters. The molecule has 0 atom stereocenters. The lowest BCUT2D eigenvalue weighted by Crippen LogP contribution is -2.35. The first-order chi connectivity index (χ1) is 14.8. The van der Waals surface area contributed by atoms with Gasteiger partial charge in [0.25, 0.3) is 5.91 Å². The molecular weight excluding hydrogens is 422 g/mol. The normalized spacial score (nSPS) is 10.5. The molecule has 10 heteroatoms. The maximum atomic E-state index is 13.2. The zero-order chi connectivity index (χ0) is 22.4. The first kappa shape index (κ1) is 22.5. The van der Waals surface area contributed by atoms with Crippen LogP contribution in [0.15, 0.2) is 71.9 Å². The zero-order valence-electron chi connectivity index (χ0n) is 16.2. The number of halogens is 1. The van der Waals surface area contributed by atoms with Crippen LogP contribution in [0.2, 0.25) is 0 Å². The van der Waals surface area contributed by atoms with Gasteiger partial charge >= 0.3 is 13.1 Å². The van der Waals surface area contributed by atoms with Crippen molar-refractivity contribution in [1.82, 2.24) is 4.98 Å². The summed E-state index contributed by atoms with van der Waals surface area (Å²) in [4.78, 5) is 29.3. The van der Waals surface area contributed by atoms with Gasteiger partial charge in [-0.3, -0.25) is 14.5 Å². The molecule has 3 aromatic rings. The third-order valence-corrected chi connectivity index (χ3v) is 5.36. The molecule has 158 valence electrons. The van der Waals surface area contributed by atoms with Gasteiger partial charge in [0.1, 0.15) is 12.4 Å². The van der Waals surface area contributed by atoms with E-state index in [1.165, 1.54) is 36.2 Å². The number of nitrogens with zero attached hydrogens (tertiary/aromatic N) is 2. The van der Waals surface area contributed by atoms with E-state index in [1.54, 1.807) is 30.3 Å². The number of carbonyl (C=O) groups excluding carboxylic acids is 1.